The number of anilines is 2. The number of para-hydroxylation sites is 3. The fourth-order valence-electron chi connectivity index (χ4n) is 3.14. The molecule has 1 fully saturated rings. The van der Waals surface area contributed by atoms with Crippen molar-refractivity contribution in [2.75, 3.05) is 4.90 Å². The van der Waals surface area contributed by atoms with Crippen molar-refractivity contribution in [3.63, 3.8) is 0 Å². The molecule has 1 saturated carbocycles. The van der Waals surface area contributed by atoms with Crippen molar-refractivity contribution in [1.82, 2.24) is 0 Å². The van der Waals surface area contributed by atoms with Gasteiger partial charge in [0.25, 0.3) is 0 Å². The van der Waals surface area contributed by atoms with Crippen molar-refractivity contribution in [2.45, 2.75) is 38.1 Å². The molecule has 2 heteroatoms. The normalized spacial score (nSPS) is 16.0. The van der Waals surface area contributed by atoms with E-state index in [1.165, 1.54) is 37.8 Å². The molecular weight excluding hydrogens is 246 g/mol. The van der Waals surface area contributed by atoms with Gasteiger partial charge in [0.2, 0.25) is 0 Å². The van der Waals surface area contributed by atoms with Gasteiger partial charge in [-0.3, -0.25) is 0 Å². The average molecular weight is 267 g/mol. The highest BCUT2D eigenvalue weighted by Gasteiger charge is 2.24. The van der Waals surface area contributed by atoms with Crippen molar-refractivity contribution >= 4 is 11.4 Å². The van der Waals surface area contributed by atoms with Crippen molar-refractivity contribution < 1.29 is 5.11 Å². The Morgan fingerprint density at radius 1 is 0.800 bits per heavy atom. The first kappa shape index (κ1) is 13.0. The number of phenolic OH excluding ortho intramolecular Hbond substituents is 1. The molecule has 3 rings (SSSR count). The summed E-state index contributed by atoms with van der Waals surface area (Å²) in [5.41, 5.74) is 2.09. The highest BCUT2D eigenvalue weighted by atomic mass is 16.3. The van der Waals surface area contributed by atoms with E-state index in [2.05, 4.69) is 29.2 Å². The Hall–Kier alpha value is -1.96. The fraction of sp³-hybridized carbons (Fsp3) is 0.333. The van der Waals surface area contributed by atoms with Crippen LogP contribution in [0.4, 0.5) is 11.4 Å². The minimum Gasteiger partial charge on any atom is -0.506 e. The van der Waals surface area contributed by atoms with E-state index in [-0.39, 0.29) is 0 Å². The van der Waals surface area contributed by atoms with Gasteiger partial charge in [0, 0.05) is 11.7 Å². The SMILES string of the molecule is Oc1ccccc1N(c1ccccc1)C1CCCCC1. The third-order valence-corrected chi connectivity index (χ3v) is 4.12. The lowest BCUT2D eigenvalue weighted by atomic mass is 9.93. The smallest absolute Gasteiger partial charge is 0.139 e. The highest BCUT2D eigenvalue weighted by molar-refractivity contribution is 5.69. The molecule has 1 N–H and O–H groups in total. The molecule has 0 bridgehead atoms. The molecule has 0 atom stereocenters. The maximum absolute atomic E-state index is 10.2. The van der Waals surface area contributed by atoms with Crippen molar-refractivity contribution in [3.05, 3.63) is 54.6 Å². The quantitative estimate of drug-likeness (QED) is 0.858. The van der Waals surface area contributed by atoms with Gasteiger partial charge in [-0.25, -0.2) is 0 Å². The number of phenols is 1. The van der Waals surface area contributed by atoms with Crippen molar-refractivity contribution in [1.29, 1.82) is 0 Å². The van der Waals surface area contributed by atoms with Gasteiger partial charge in [0.05, 0.1) is 5.69 Å². The Labute approximate surface area is 120 Å². The van der Waals surface area contributed by atoms with Gasteiger partial charge >= 0.3 is 0 Å². The zero-order valence-corrected chi connectivity index (χ0v) is 11.7. The molecule has 0 spiro atoms. The van der Waals surface area contributed by atoms with Crippen LogP contribution in [0.15, 0.2) is 54.6 Å². The predicted octanol–water partition coefficient (Wildman–Crippen LogP) is 4.86. The van der Waals surface area contributed by atoms with Crippen LogP contribution < -0.4 is 4.90 Å². The number of hydrogen-bond acceptors (Lipinski definition) is 2. The Bertz CT molecular complexity index is 546. The fourth-order valence-corrected chi connectivity index (χ4v) is 3.14. The average Bonchev–Trinajstić information content (AvgIpc) is 2.52. The van der Waals surface area contributed by atoms with Gasteiger partial charge in [0.1, 0.15) is 5.75 Å². The maximum atomic E-state index is 10.2. The van der Waals surface area contributed by atoms with Crippen LogP contribution in [-0.2, 0) is 0 Å². The summed E-state index contributed by atoms with van der Waals surface area (Å²) in [4.78, 5) is 2.31. The predicted molar refractivity (Wildman–Crippen MR) is 83.6 cm³/mol. The van der Waals surface area contributed by atoms with E-state index >= 15 is 0 Å². The molecule has 0 amide bonds. The van der Waals surface area contributed by atoms with E-state index in [1.807, 2.05) is 24.3 Å². The van der Waals surface area contributed by atoms with Gasteiger partial charge < -0.3 is 10.0 Å². The van der Waals surface area contributed by atoms with Crippen LogP contribution >= 0.6 is 0 Å². The second kappa shape index (κ2) is 6.00. The minimum absolute atomic E-state index is 0.363. The van der Waals surface area contributed by atoms with Gasteiger partial charge in [-0.1, -0.05) is 49.6 Å². The van der Waals surface area contributed by atoms with E-state index in [0.717, 1.165) is 5.69 Å². The maximum Gasteiger partial charge on any atom is 0.139 e. The summed E-state index contributed by atoms with van der Waals surface area (Å²) in [6.07, 6.45) is 6.29. The highest BCUT2D eigenvalue weighted by Crippen LogP contribution is 2.38. The van der Waals surface area contributed by atoms with Gasteiger partial charge in [-0.05, 0) is 37.1 Å². The summed E-state index contributed by atoms with van der Waals surface area (Å²) in [6.45, 7) is 0. The Morgan fingerprint density at radius 3 is 2.15 bits per heavy atom. The number of nitrogens with zero attached hydrogens (tertiary/aromatic N) is 1. The summed E-state index contributed by atoms with van der Waals surface area (Å²) >= 11 is 0. The lowest BCUT2D eigenvalue weighted by molar-refractivity contribution is 0.428. The zero-order valence-electron chi connectivity index (χ0n) is 11.7. The molecule has 0 radical (unpaired) electrons. The van der Waals surface area contributed by atoms with Crippen molar-refractivity contribution in [2.24, 2.45) is 0 Å². The summed E-state index contributed by atoms with van der Waals surface area (Å²) in [7, 11) is 0. The van der Waals surface area contributed by atoms with E-state index in [1.54, 1.807) is 6.07 Å². The second-order valence-corrected chi connectivity index (χ2v) is 5.49. The number of rotatable bonds is 3. The number of hydrogen-bond donors (Lipinski definition) is 1. The Kier molecular flexibility index (Phi) is 3.91. The summed E-state index contributed by atoms with van der Waals surface area (Å²) in [5, 5.41) is 10.2. The van der Waals surface area contributed by atoms with Crippen LogP contribution in [0, 0.1) is 0 Å². The minimum atomic E-state index is 0.363. The van der Waals surface area contributed by atoms with Gasteiger partial charge in [-0.2, -0.15) is 0 Å². The van der Waals surface area contributed by atoms with Crippen LogP contribution in [-0.4, -0.2) is 11.1 Å². The topological polar surface area (TPSA) is 23.5 Å². The molecule has 104 valence electrons. The Balaban J connectivity index is 2.01. The molecule has 20 heavy (non-hydrogen) atoms. The largest absolute Gasteiger partial charge is 0.506 e. The zero-order chi connectivity index (χ0) is 13.8. The molecule has 0 unspecified atom stereocenters. The van der Waals surface area contributed by atoms with Crippen LogP contribution in [0.3, 0.4) is 0 Å². The second-order valence-electron chi connectivity index (χ2n) is 5.49. The molecule has 0 saturated heterocycles. The molecule has 0 aromatic heterocycles. The lowest BCUT2D eigenvalue weighted by Gasteiger charge is -2.36. The molecule has 2 aromatic rings. The third kappa shape index (κ3) is 2.64. The van der Waals surface area contributed by atoms with E-state index in [9.17, 15) is 5.11 Å². The van der Waals surface area contributed by atoms with E-state index in [0.29, 0.717) is 11.8 Å². The van der Waals surface area contributed by atoms with Gasteiger partial charge in [-0.15, -0.1) is 0 Å². The van der Waals surface area contributed by atoms with Crippen LogP contribution in [0.25, 0.3) is 0 Å². The molecular formula is C18H21NO. The first-order valence-electron chi connectivity index (χ1n) is 7.48. The molecule has 0 heterocycles. The summed E-state index contributed by atoms with van der Waals surface area (Å²) < 4.78 is 0. The van der Waals surface area contributed by atoms with Crippen LogP contribution in [0.1, 0.15) is 32.1 Å². The van der Waals surface area contributed by atoms with E-state index in [4.69, 9.17) is 0 Å². The van der Waals surface area contributed by atoms with Crippen molar-refractivity contribution in [3.8, 4) is 5.75 Å². The van der Waals surface area contributed by atoms with Gasteiger partial charge in [0.15, 0.2) is 0 Å². The third-order valence-electron chi connectivity index (χ3n) is 4.12. The Morgan fingerprint density at radius 2 is 1.45 bits per heavy atom. The number of aromatic hydroxyl groups is 1. The monoisotopic (exact) mass is 267 g/mol. The summed E-state index contributed by atoms with van der Waals surface area (Å²) in [5.74, 6) is 0.363. The molecule has 2 nitrogen and oxygen atoms in total. The number of benzene rings is 2. The standard InChI is InChI=1S/C18H21NO/c20-18-14-8-7-13-17(18)19(15-9-3-1-4-10-15)16-11-5-2-6-12-16/h1,3-4,7-10,13-14,16,20H,2,5-6,11-12H2. The molecule has 0 aliphatic heterocycles. The van der Waals surface area contributed by atoms with Crippen LogP contribution in [0.2, 0.25) is 0 Å². The summed E-state index contributed by atoms with van der Waals surface area (Å²) in [6, 6.07) is 18.5. The molecule has 1 aliphatic carbocycles. The first-order chi connectivity index (χ1) is 9.86. The lowest BCUT2D eigenvalue weighted by Crippen LogP contribution is -2.32. The first-order valence-corrected chi connectivity index (χ1v) is 7.48. The van der Waals surface area contributed by atoms with Crippen LogP contribution in [0.5, 0.6) is 5.75 Å². The molecule has 1 aliphatic rings. The molecule has 2 aromatic carbocycles. The van der Waals surface area contributed by atoms with E-state index < -0.39 is 0 Å².